The van der Waals surface area contributed by atoms with Gasteiger partial charge in [0.1, 0.15) is 5.82 Å². The molecule has 0 fully saturated rings. The normalized spacial score (nSPS) is 12.5. The molecule has 8 nitrogen and oxygen atoms in total. The monoisotopic (exact) mass is 417 g/mol. The zero-order valence-electron chi connectivity index (χ0n) is 16.7. The summed E-state index contributed by atoms with van der Waals surface area (Å²) >= 11 is 0. The number of fused-ring (bicyclic) bond motifs is 2. The number of anilines is 1. The quantitative estimate of drug-likeness (QED) is 0.391. The molecule has 0 aliphatic carbocycles. The molecule has 0 spiro atoms. The minimum atomic E-state index is -0.759. The van der Waals surface area contributed by atoms with Crippen molar-refractivity contribution in [1.29, 1.82) is 0 Å². The van der Waals surface area contributed by atoms with Gasteiger partial charge in [-0.25, -0.2) is 9.37 Å². The van der Waals surface area contributed by atoms with Gasteiger partial charge in [-0.05, 0) is 31.0 Å². The number of benzene rings is 1. The van der Waals surface area contributed by atoms with E-state index < -0.39 is 11.9 Å². The molecule has 5 rings (SSSR count). The molecule has 0 saturated carbocycles. The Morgan fingerprint density at radius 2 is 2.06 bits per heavy atom. The molecule has 1 aromatic carbocycles. The predicted molar refractivity (Wildman–Crippen MR) is 115 cm³/mol. The van der Waals surface area contributed by atoms with Gasteiger partial charge in [0.25, 0.3) is 0 Å². The third-order valence-corrected chi connectivity index (χ3v) is 5.16. The van der Waals surface area contributed by atoms with Crippen LogP contribution >= 0.6 is 0 Å². The van der Waals surface area contributed by atoms with Crippen molar-refractivity contribution in [2.24, 2.45) is 0 Å². The summed E-state index contributed by atoms with van der Waals surface area (Å²) in [4.78, 5) is 16.2. The van der Waals surface area contributed by atoms with Crippen molar-refractivity contribution in [2.45, 2.75) is 19.4 Å². The minimum absolute atomic E-state index is 0.302. The van der Waals surface area contributed by atoms with Gasteiger partial charge in [-0.15, -0.1) is 0 Å². The van der Waals surface area contributed by atoms with E-state index in [2.05, 4.69) is 36.4 Å². The van der Waals surface area contributed by atoms with Crippen LogP contribution in [0.1, 0.15) is 24.2 Å². The lowest BCUT2D eigenvalue weighted by atomic mass is 10.1. The van der Waals surface area contributed by atoms with Crippen LogP contribution in [0.5, 0.6) is 0 Å². The van der Waals surface area contributed by atoms with Gasteiger partial charge in [0.05, 0.1) is 18.5 Å². The van der Waals surface area contributed by atoms with Gasteiger partial charge in [-0.1, -0.05) is 18.2 Å². The van der Waals surface area contributed by atoms with Crippen molar-refractivity contribution in [3.8, 4) is 11.4 Å². The van der Waals surface area contributed by atoms with Crippen LogP contribution in [-0.2, 0) is 6.42 Å². The van der Waals surface area contributed by atoms with Gasteiger partial charge < -0.3 is 15.4 Å². The van der Waals surface area contributed by atoms with E-state index in [9.17, 15) is 9.50 Å². The smallest absolute Gasteiger partial charge is 0.227 e. The average molecular weight is 417 g/mol. The molecule has 0 unspecified atom stereocenters. The van der Waals surface area contributed by atoms with E-state index in [4.69, 9.17) is 0 Å². The zero-order valence-corrected chi connectivity index (χ0v) is 16.7. The van der Waals surface area contributed by atoms with E-state index in [0.29, 0.717) is 35.1 Å². The molecule has 0 amide bonds. The summed E-state index contributed by atoms with van der Waals surface area (Å²) < 4.78 is 15.3. The number of hydrogen-bond acceptors (Lipinski definition) is 6. The van der Waals surface area contributed by atoms with Crippen LogP contribution in [0.3, 0.4) is 0 Å². The maximum Gasteiger partial charge on any atom is 0.227 e. The molecular weight excluding hydrogens is 397 g/mol. The number of aromatic nitrogens is 6. The zero-order chi connectivity index (χ0) is 21.4. The van der Waals surface area contributed by atoms with Crippen molar-refractivity contribution < 1.29 is 9.50 Å². The number of hydrogen-bond donors (Lipinski definition) is 3. The molecule has 0 bridgehead atoms. The van der Waals surface area contributed by atoms with Crippen LogP contribution in [0.15, 0.2) is 55.1 Å². The average Bonchev–Trinajstić information content (AvgIpc) is 3.38. The van der Waals surface area contributed by atoms with E-state index in [0.717, 1.165) is 18.1 Å². The first-order valence-electron chi connectivity index (χ1n) is 9.93. The summed E-state index contributed by atoms with van der Waals surface area (Å²) in [5.74, 6) is 0.284. The fourth-order valence-electron chi connectivity index (χ4n) is 3.61. The first kappa shape index (κ1) is 19.1. The molecule has 0 aliphatic rings. The summed E-state index contributed by atoms with van der Waals surface area (Å²) in [6.07, 6.45) is 6.20. The second-order valence-electron chi connectivity index (χ2n) is 7.31. The van der Waals surface area contributed by atoms with Crippen LogP contribution in [0, 0.1) is 5.82 Å². The standard InChI is InChI=1S/C22H20FN7O/c1-13(31)18-12-27-30-21(18)28-20(15-8-16(23)11-24-9-15)29-22(30)25-7-6-14-10-26-19-5-3-2-4-17(14)19/h2-5,8-13,26,31H,6-7H2,1H3,(H,25,28,29)/t13-/m1/s1. The second kappa shape index (κ2) is 7.77. The van der Waals surface area contributed by atoms with Crippen molar-refractivity contribution in [3.05, 3.63) is 72.1 Å². The molecule has 4 heterocycles. The minimum Gasteiger partial charge on any atom is -0.389 e. The van der Waals surface area contributed by atoms with E-state index in [1.807, 2.05) is 24.4 Å². The van der Waals surface area contributed by atoms with Crippen molar-refractivity contribution in [3.63, 3.8) is 0 Å². The van der Waals surface area contributed by atoms with E-state index >= 15 is 0 Å². The lowest BCUT2D eigenvalue weighted by Crippen LogP contribution is -2.12. The topological polar surface area (TPSA) is 104 Å². The molecule has 0 radical (unpaired) electrons. The summed E-state index contributed by atoms with van der Waals surface area (Å²) in [7, 11) is 0. The number of rotatable bonds is 6. The molecule has 31 heavy (non-hydrogen) atoms. The number of pyridine rings is 1. The van der Waals surface area contributed by atoms with Crippen molar-refractivity contribution in [1.82, 2.24) is 29.5 Å². The number of aromatic amines is 1. The van der Waals surface area contributed by atoms with Gasteiger partial charge in [0.15, 0.2) is 11.5 Å². The van der Waals surface area contributed by atoms with Gasteiger partial charge in [-0.3, -0.25) is 4.98 Å². The molecular formula is C22H20FN7O. The maximum absolute atomic E-state index is 13.7. The first-order chi connectivity index (χ1) is 15.1. The summed E-state index contributed by atoms with van der Waals surface area (Å²) in [5.41, 5.74) is 3.75. The molecule has 0 aliphatic heterocycles. The Labute approximate surface area is 176 Å². The lowest BCUT2D eigenvalue weighted by Gasteiger charge is -2.10. The summed E-state index contributed by atoms with van der Waals surface area (Å²) in [6.45, 7) is 2.24. The van der Waals surface area contributed by atoms with Crippen LogP contribution in [-0.4, -0.2) is 41.2 Å². The Kier molecular flexibility index (Phi) is 4.79. The Morgan fingerprint density at radius 1 is 1.19 bits per heavy atom. The number of H-pyrrole nitrogens is 1. The van der Waals surface area contributed by atoms with E-state index in [1.54, 1.807) is 17.6 Å². The van der Waals surface area contributed by atoms with Crippen LogP contribution in [0.2, 0.25) is 0 Å². The number of nitrogens with one attached hydrogen (secondary N) is 2. The third kappa shape index (κ3) is 3.59. The van der Waals surface area contributed by atoms with Crippen LogP contribution in [0.25, 0.3) is 27.9 Å². The van der Waals surface area contributed by atoms with E-state index in [-0.39, 0.29) is 0 Å². The van der Waals surface area contributed by atoms with Gasteiger partial charge in [-0.2, -0.15) is 14.6 Å². The summed E-state index contributed by atoms with van der Waals surface area (Å²) in [5, 5.41) is 18.9. The lowest BCUT2D eigenvalue weighted by molar-refractivity contribution is 0.200. The highest BCUT2D eigenvalue weighted by molar-refractivity contribution is 5.83. The highest BCUT2D eigenvalue weighted by atomic mass is 19.1. The van der Waals surface area contributed by atoms with E-state index in [1.165, 1.54) is 23.2 Å². The predicted octanol–water partition coefficient (Wildman–Crippen LogP) is 3.51. The van der Waals surface area contributed by atoms with Crippen molar-refractivity contribution >= 4 is 22.5 Å². The first-order valence-corrected chi connectivity index (χ1v) is 9.93. The number of halogens is 1. The SMILES string of the molecule is C[C@@H](O)c1cnn2c(NCCc3c[nH]c4ccccc34)nc(-c3cncc(F)c3)nc12. The maximum atomic E-state index is 13.7. The Balaban J connectivity index is 1.49. The highest BCUT2D eigenvalue weighted by Gasteiger charge is 2.17. The molecule has 5 aromatic rings. The highest BCUT2D eigenvalue weighted by Crippen LogP contribution is 2.24. The van der Waals surface area contributed by atoms with Gasteiger partial charge in [0.2, 0.25) is 5.95 Å². The third-order valence-electron chi connectivity index (χ3n) is 5.16. The Morgan fingerprint density at radius 3 is 2.90 bits per heavy atom. The van der Waals surface area contributed by atoms with Crippen molar-refractivity contribution in [2.75, 3.05) is 11.9 Å². The number of aliphatic hydroxyl groups excluding tert-OH is 1. The van der Waals surface area contributed by atoms with Crippen LogP contribution < -0.4 is 5.32 Å². The largest absolute Gasteiger partial charge is 0.389 e. The van der Waals surface area contributed by atoms with Gasteiger partial charge >= 0.3 is 0 Å². The Hall–Kier alpha value is -3.85. The van der Waals surface area contributed by atoms with Crippen LogP contribution in [0.4, 0.5) is 10.3 Å². The molecule has 1 atom stereocenters. The summed E-state index contributed by atoms with van der Waals surface area (Å²) in [6, 6.07) is 9.47. The molecule has 9 heteroatoms. The molecule has 4 aromatic heterocycles. The molecule has 156 valence electrons. The fraction of sp³-hybridized carbons (Fsp3) is 0.182. The fourth-order valence-corrected chi connectivity index (χ4v) is 3.61. The van der Waals surface area contributed by atoms with Gasteiger partial charge in [0, 0.05) is 41.0 Å². The Bertz CT molecular complexity index is 1380. The number of para-hydroxylation sites is 1. The number of aliphatic hydroxyl groups is 1. The molecule has 0 saturated heterocycles. The second-order valence-corrected chi connectivity index (χ2v) is 7.31. The number of nitrogens with zero attached hydrogens (tertiary/aromatic N) is 5. The molecule has 3 N–H and O–H groups in total.